The summed E-state index contributed by atoms with van der Waals surface area (Å²) in [5.41, 5.74) is 1.09. The molecule has 0 aliphatic rings. The molecule has 11 heteroatoms. The Balaban J connectivity index is 2.11. The van der Waals surface area contributed by atoms with Crippen molar-refractivity contribution in [1.29, 1.82) is 0 Å². The third-order valence-corrected chi connectivity index (χ3v) is 4.84. The van der Waals surface area contributed by atoms with Crippen LogP contribution >= 0.6 is 0 Å². The van der Waals surface area contributed by atoms with Crippen LogP contribution < -0.4 is 19.7 Å². The lowest BCUT2D eigenvalue weighted by Crippen LogP contribution is -2.41. The largest absolute Gasteiger partial charge is 0.493 e. The van der Waals surface area contributed by atoms with Gasteiger partial charge in [-0.15, -0.1) is 4.83 Å². The molecule has 0 atom stereocenters. The number of benzene rings is 2. The monoisotopic (exact) mass is 432 g/mol. The Labute approximate surface area is 165 Å². The number of halogens is 3. The highest BCUT2D eigenvalue weighted by molar-refractivity contribution is 7.89. The molecular formula is C18H19F3N2O5S. The van der Waals surface area contributed by atoms with Crippen molar-refractivity contribution in [3.8, 4) is 11.5 Å². The van der Waals surface area contributed by atoms with E-state index in [9.17, 15) is 26.4 Å². The highest BCUT2D eigenvalue weighted by Crippen LogP contribution is 2.30. The number of hydrogen-bond donors (Lipinski definition) is 2. The maximum Gasteiger partial charge on any atom is 0.416 e. The first-order chi connectivity index (χ1) is 13.4. The molecule has 2 aromatic rings. The fraction of sp³-hybridized carbons (Fsp3) is 0.278. The number of hydrazine groups is 1. The molecule has 158 valence electrons. The van der Waals surface area contributed by atoms with Gasteiger partial charge < -0.3 is 9.47 Å². The Hall–Kier alpha value is -2.79. The lowest BCUT2D eigenvalue weighted by atomic mass is 10.2. The third-order valence-electron chi connectivity index (χ3n) is 3.58. The second kappa shape index (κ2) is 8.70. The molecule has 2 aromatic carbocycles. The third kappa shape index (κ3) is 5.84. The number of sulfonamides is 1. The minimum atomic E-state index is -4.59. The van der Waals surface area contributed by atoms with Crippen molar-refractivity contribution in [3.63, 3.8) is 0 Å². The topological polar surface area (TPSA) is 93.7 Å². The van der Waals surface area contributed by atoms with Crippen LogP contribution in [0.15, 0.2) is 47.4 Å². The van der Waals surface area contributed by atoms with Gasteiger partial charge in [0.15, 0.2) is 11.5 Å². The van der Waals surface area contributed by atoms with Crippen LogP contribution in [0.5, 0.6) is 11.5 Å². The van der Waals surface area contributed by atoms with Gasteiger partial charge in [0.25, 0.3) is 15.9 Å². The van der Waals surface area contributed by atoms with Gasteiger partial charge in [-0.1, -0.05) is 0 Å². The molecule has 0 heterocycles. The van der Waals surface area contributed by atoms with Crippen LogP contribution in [-0.4, -0.2) is 27.5 Å². The van der Waals surface area contributed by atoms with Crippen molar-refractivity contribution in [2.75, 3.05) is 7.11 Å². The van der Waals surface area contributed by atoms with Crippen molar-refractivity contribution in [2.45, 2.75) is 31.0 Å². The van der Waals surface area contributed by atoms with Gasteiger partial charge in [-0.2, -0.15) is 13.2 Å². The molecule has 0 aliphatic heterocycles. The first-order valence-corrected chi connectivity index (χ1v) is 9.76. The Morgan fingerprint density at radius 1 is 1.03 bits per heavy atom. The SMILES string of the molecule is COc1cc(C(=O)NNS(=O)(=O)c2ccc(C(F)(F)F)cc2)ccc1OC(C)C. The van der Waals surface area contributed by atoms with Crippen LogP contribution in [0.3, 0.4) is 0 Å². The minimum absolute atomic E-state index is 0.0769. The first kappa shape index (κ1) is 22.5. The summed E-state index contributed by atoms with van der Waals surface area (Å²) in [5, 5.41) is 0. The maximum atomic E-state index is 12.6. The molecule has 0 fully saturated rings. The van der Waals surface area contributed by atoms with Gasteiger partial charge in [0.1, 0.15) is 0 Å². The van der Waals surface area contributed by atoms with E-state index in [1.807, 2.05) is 24.1 Å². The van der Waals surface area contributed by atoms with Crippen LogP contribution in [0.2, 0.25) is 0 Å². The number of carbonyl (C=O) groups is 1. The zero-order valence-electron chi connectivity index (χ0n) is 15.7. The van der Waals surface area contributed by atoms with Crippen molar-refractivity contribution in [1.82, 2.24) is 10.3 Å². The molecule has 2 N–H and O–H groups in total. The summed E-state index contributed by atoms with van der Waals surface area (Å²) in [6.07, 6.45) is -4.71. The van der Waals surface area contributed by atoms with E-state index in [-0.39, 0.29) is 17.4 Å². The predicted octanol–water partition coefficient (Wildman–Crippen LogP) is 3.12. The van der Waals surface area contributed by atoms with Gasteiger partial charge in [0.2, 0.25) is 0 Å². The van der Waals surface area contributed by atoms with Crippen LogP contribution in [0.4, 0.5) is 13.2 Å². The Morgan fingerprint density at radius 3 is 2.17 bits per heavy atom. The van der Waals surface area contributed by atoms with E-state index in [0.29, 0.717) is 17.9 Å². The average molecular weight is 432 g/mol. The molecule has 1 amide bonds. The molecule has 29 heavy (non-hydrogen) atoms. The number of ether oxygens (including phenoxy) is 2. The minimum Gasteiger partial charge on any atom is -0.493 e. The van der Waals surface area contributed by atoms with Gasteiger partial charge in [0, 0.05) is 5.56 Å². The number of nitrogens with one attached hydrogen (secondary N) is 2. The molecule has 0 saturated carbocycles. The molecule has 0 aromatic heterocycles. The van der Waals surface area contributed by atoms with E-state index >= 15 is 0 Å². The summed E-state index contributed by atoms with van der Waals surface area (Å²) in [5.74, 6) is -0.115. The van der Waals surface area contributed by atoms with Gasteiger partial charge in [-0.3, -0.25) is 10.2 Å². The van der Waals surface area contributed by atoms with E-state index in [1.54, 1.807) is 0 Å². The van der Waals surface area contributed by atoms with Crippen molar-refractivity contribution < 1.29 is 35.9 Å². The molecule has 2 rings (SSSR count). The van der Waals surface area contributed by atoms with Crippen LogP contribution in [0.25, 0.3) is 0 Å². The zero-order valence-corrected chi connectivity index (χ0v) is 16.5. The fourth-order valence-electron chi connectivity index (χ4n) is 2.23. The summed E-state index contributed by atoms with van der Waals surface area (Å²) >= 11 is 0. The van der Waals surface area contributed by atoms with Gasteiger partial charge in [-0.05, 0) is 56.3 Å². The Kier molecular flexibility index (Phi) is 6.75. The van der Waals surface area contributed by atoms with Crippen molar-refractivity contribution >= 4 is 15.9 Å². The van der Waals surface area contributed by atoms with Crippen LogP contribution in [0, 0.1) is 0 Å². The van der Waals surface area contributed by atoms with Crippen LogP contribution in [-0.2, 0) is 16.2 Å². The normalized spacial score (nSPS) is 12.0. The molecule has 0 bridgehead atoms. The van der Waals surface area contributed by atoms with E-state index in [0.717, 1.165) is 12.1 Å². The van der Waals surface area contributed by atoms with Crippen molar-refractivity contribution in [3.05, 3.63) is 53.6 Å². The highest BCUT2D eigenvalue weighted by atomic mass is 32.2. The summed E-state index contributed by atoms with van der Waals surface area (Å²) in [4.78, 5) is 13.6. The lowest BCUT2D eigenvalue weighted by Gasteiger charge is -2.14. The van der Waals surface area contributed by atoms with Gasteiger partial charge in [-0.25, -0.2) is 8.42 Å². The predicted molar refractivity (Wildman–Crippen MR) is 98.0 cm³/mol. The van der Waals surface area contributed by atoms with E-state index < -0.39 is 32.6 Å². The van der Waals surface area contributed by atoms with Crippen molar-refractivity contribution in [2.24, 2.45) is 0 Å². The molecule has 0 radical (unpaired) electrons. The van der Waals surface area contributed by atoms with E-state index in [4.69, 9.17) is 9.47 Å². The lowest BCUT2D eigenvalue weighted by molar-refractivity contribution is -0.137. The number of amides is 1. The average Bonchev–Trinajstić information content (AvgIpc) is 2.65. The summed E-state index contributed by atoms with van der Waals surface area (Å²) in [6, 6.07) is 7.11. The molecule has 0 unspecified atom stereocenters. The molecule has 0 spiro atoms. The zero-order chi connectivity index (χ0) is 21.8. The maximum absolute atomic E-state index is 12.6. The standard InChI is InChI=1S/C18H19F3N2O5S/c1-11(2)28-15-9-4-12(10-16(15)27-3)17(24)22-23-29(25,26)14-7-5-13(6-8-14)18(19,20)21/h4-11,23H,1-3H3,(H,22,24). The first-order valence-electron chi connectivity index (χ1n) is 8.28. The van der Waals surface area contributed by atoms with E-state index in [1.165, 1.54) is 25.3 Å². The number of rotatable bonds is 7. The number of alkyl halides is 3. The summed E-state index contributed by atoms with van der Waals surface area (Å²) in [6.45, 7) is 3.63. The second-order valence-corrected chi connectivity index (χ2v) is 7.80. The summed E-state index contributed by atoms with van der Waals surface area (Å²) < 4.78 is 72.8. The molecule has 0 saturated heterocycles. The quantitative estimate of drug-likeness (QED) is 0.656. The molecule has 0 aliphatic carbocycles. The number of carbonyl (C=O) groups excluding carboxylic acids is 1. The Bertz CT molecular complexity index is 974. The smallest absolute Gasteiger partial charge is 0.416 e. The van der Waals surface area contributed by atoms with E-state index in [2.05, 4.69) is 0 Å². The van der Waals surface area contributed by atoms with Gasteiger partial charge in [0.05, 0.1) is 23.7 Å². The highest BCUT2D eigenvalue weighted by Gasteiger charge is 2.30. The number of hydrogen-bond acceptors (Lipinski definition) is 5. The Morgan fingerprint density at radius 2 is 1.66 bits per heavy atom. The van der Waals surface area contributed by atoms with Gasteiger partial charge >= 0.3 is 6.18 Å². The second-order valence-electron chi connectivity index (χ2n) is 6.11. The summed E-state index contributed by atoms with van der Waals surface area (Å²) in [7, 11) is -2.88. The van der Waals surface area contributed by atoms with Crippen LogP contribution in [0.1, 0.15) is 29.8 Å². The fourth-order valence-corrected chi connectivity index (χ4v) is 3.07. The molecule has 7 nitrogen and oxygen atoms in total. The number of methoxy groups -OCH3 is 1. The molecular weight excluding hydrogens is 413 g/mol.